The van der Waals surface area contributed by atoms with E-state index < -0.39 is 0 Å². The molecule has 0 fully saturated rings. The average molecular weight is 259 g/mol. The molecule has 0 bridgehead atoms. The van der Waals surface area contributed by atoms with E-state index in [1.54, 1.807) is 19.4 Å². The number of methoxy groups -OCH3 is 1. The number of hydrogen-bond acceptors (Lipinski definition) is 6. The van der Waals surface area contributed by atoms with Crippen LogP contribution in [0, 0.1) is 0 Å². The van der Waals surface area contributed by atoms with Crippen molar-refractivity contribution in [3.05, 3.63) is 42.0 Å². The number of carbonyl (C=O) groups is 1. The van der Waals surface area contributed by atoms with Crippen LogP contribution >= 0.6 is 0 Å². The first kappa shape index (κ1) is 12.7. The monoisotopic (exact) mass is 259 g/mol. The zero-order valence-corrected chi connectivity index (χ0v) is 10.3. The number of nitrogen functional groups attached to an aromatic ring is 1. The van der Waals surface area contributed by atoms with Crippen molar-refractivity contribution >= 4 is 11.7 Å². The molecule has 0 atom stereocenters. The van der Waals surface area contributed by atoms with Gasteiger partial charge in [-0.25, -0.2) is 15.0 Å². The van der Waals surface area contributed by atoms with Gasteiger partial charge in [-0.2, -0.15) is 0 Å². The summed E-state index contributed by atoms with van der Waals surface area (Å²) in [5, 5.41) is 2.69. The molecule has 19 heavy (non-hydrogen) atoms. The second-order valence-corrected chi connectivity index (χ2v) is 3.68. The van der Waals surface area contributed by atoms with Gasteiger partial charge in [-0.3, -0.25) is 4.79 Å². The molecule has 7 nitrogen and oxygen atoms in total. The summed E-state index contributed by atoms with van der Waals surface area (Å²) < 4.78 is 4.95. The maximum absolute atomic E-state index is 11.8. The highest BCUT2D eigenvalue weighted by Crippen LogP contribution is 2.07. The van der Waals surface area contributed by atoms with Gasteiger partial charge in [0.25, 0.3) is 5.91 Å². The second-order valence-electron chi connectivity index (χ2n) is 3.68. The number of nitrogens with two attached hydrogens (primary N) is 1. The van der Waals surface area contributed by atoms with Gasteiger partial charge in [-0.15, -0.1) is 0 Å². The van der Waals surface area contributed by atoms with Gasteiger partial charge in [0.05, 0.1) is 7.11 Å². The molecule has 0 spiro atoms. The summed E-state index contributed by atoms with van der Waals surface area (Å²) in [6, 6.07) is 3.53. The third kappa shape index (κ3) is 3.15. The SMILES string of the molecule is COc1ccc(CNC(=O)c2nccnc2N)cn1. The van der Waals surface area contributed by atoms with Crippen molar-refractivity contribution in [2.24, 2.45) is 0 Å². The Morgan fingerprint density at radius 2 is 2.11 bits per heavy atom. The van der Waals surface area contributed by atoms with Gasteiger partial charge >= 0.3 is 0 Å². The maximum atomic E-state index is 11.8. The molecule has 0 aliphatic rings. The number of nitrogens with zero attached hydrogens (tertiary/aromatic N) is 3. The molecular weight excluding hydrogens is 246 g/mol. The van der Waals surface area contributed by atoms with E-state index in [-0.39, 0.29) is 17.4 Å². The van der Waals surface area contributed by atoms with Crippen molar-refractivity contribution in [1.29, 1.82) is 0 Å². The van der Waals surface area contributed by atoms with Gasteiger partial charge in [0.2, 0.25) is 5.88 Å². The van der Waals surface area contributed by atoms with E-state index in [0.29, 0.717) is 12.4 Å². The van der Waals surface area contributed by atoms with Crippen LogP contribution in [0.2, 0.25) is 0 Å². The van der Waals surface area contributed by atoms with E-state index in [9.17, 15) is 4.79 Å². The Labute approximate surface area is 109 Å². The lowest BCUT2D eigenvalue weighted by atomic mass is 10.2. The van der Waals surface area contributed by atoms with Crippen LogP contribution in [0.3, 0.4) is 0 Å². The molecule has 98 valence electrons. The quantitative estimate of drug-likeness (QED) is 0.823. The number of hydrogen-bond donors (Lipinski definition) is 2. The fraction of sp³-hybridized carbons (Fsp3) is 0.167. The first-order chi connectivity index (χ1) is 9.20. The normalized spacial score (nSPS) is 9.95. The topological polar surface area (TPSA) is 103 Å². The van der Waals surface area contributed by atoms with Gasteiger partial charge < -0.3 is 15.8 Å². The summed E-state index contributed by atoms with van der Waals surface area (Å²) >= 11 is 0. The predicted molar refractivity (Wildman–Crippen MR) is 68.4 cm³/mol. The van der Waals surface area contributed by atoms with Crippen LogP contribution in [0.1, 0.15) is 16.1 Å². The molecule has 0 radical (unpaired) electrons. The molecule has 0 aromatic carbocycles. The van der Waals surface area contributed by atoms with Crippen molar-refractivity contribution in [3.63, 3.8) is 0 Å². The molecule has 3 N–H and O–H groups in total. The van der Waals surface area contributed by atoms with Gasteiger partial charge in [-0.1, -0.05) is 6.07 Å². The van der Waals surface area contributed by atoms with E-state index in [1.807, 2.05) is 6.07 Å². The molecule has 0 aliphatic heterocycles. The maximum Gasteiger partial charge on any atom is 0.273 e. The summed E-state index contributed by atoms with van der Waals surface area (Å²) in [6.45, 7) is 0.325. The Bertz CT molecular complexity index is 571. The molecule has 2 heterocycles. The zero-order chi connectivity index (χ0) is 13.7. The highest BCUT2D eigenvalue weighted by atomic mass is 16.5. The summed E-state index contributed by atoms with van der Waals surface area (Å²) in [4.78, 5) is 23.5. The molecule has 2 aromatic rings. The van der Waals surface area contributed by atoms with Gasteiger partial charge in [0.15, 0.2) is 11.5 Å². The highest BCUT2D eigenvalue weighted by molar-refractivity contribution is 5.96. The van der Waals surface area contributed by atoms with Crippen molar-refractivity contribution in [1.82, 2.24) is 20.3 Å². The van der Waals surface area contributed by atoms with Crippen LogP contribution in [-0.2, 0) is 6.54 Å². The van der Waals surface area contributed by atoms with E-state index in [0.717, 1.165) is 5.56 Å². The lowest BCUT2D eigenvalue weighted by molar-refractivity contribution is 0.0946. The molecule has 0 aliphatic carbocycles. The third-order valence-electron chi connectivity index (χ3n) is 2.40. The minimum absolute atomic E-state index is 0.104. The average Bonchev–Trinajstić information content (AvgIpc) is 2.46. The number of rotatable bonds is 4. The zero-order valence-electron chi connectivity index (χ0n) is 10.3. The van der Waals surface area contributed by atoms with Crippen molar-refractivity contribution in [2.45, 2.75) is 6.54 Å². The van der Waals surface area contributed by atoms with Crippen LogP contribution in [0.5, 0.6) is 5.88 Å². The van der Waals surface area contributed by atoms with Crippen LogP contribution in [0.4, 0.5) is 5.82 Å². The number of anilines is 1. The first-order valence-electron chi connectivity index (χ1n) is 5.54. The first-order valence-corrected chi connectivity index (χ1v) is 5.54. The van der Waals surface area contributed by atoms with Gasteiger partial charge in [0, 0.05) is 31.2 Å². The second kappa shape index (κ2) is 5.76. The van der Waals surface area contributed by atoms with Crippen molar-refractivity contribution in [3.8, 4) is 5.88 Å². The minimum atomic E-state index is -0.374. The third-order valence-corrected chi connectivity index (χ3v) is 2.40. The van der Waals surface area contributed by atoms with Crippen LogP contribution in [0.15, 0.2) is 30.7 Å². The standard InChI is InChI=1S/C12H13N5O2/c1-19-9-3-2-8(6-16-9)7-17-12(18)10-11(13)15-5-4-14-10/h2-6H,7H2,1H3,(H2,13,15)(H,17,18). The van der Waals surface area contributed by atoms with E-state index in [2.05, 4.69) is 20.3 Å². The lowest BCUT2D eigenvalue weighted by Crippen LogP contribution is -2.25. The lowest BCUT2D eigenvalue weighted by Gasteiger charge is -2.06. The van der Waals surface area contributed by atoms with E-state index >= 15 is 0 Å². The number of aromatic nitrogens is 3. The molecule has 0 unspecified atom stereocenters. The number of nitrogens with one attached hydrogen (secondary N) is 1. The Morgan fingerprint density at radius 1 is 1.32 bits per heavy atom. The van der Waals surface area contributed by atoms with Gasteiger partial charge in [-0.05, 0) is 5.56 Å². The molecule has 2 aromatic heterocycles. The Kier molecular flexibility index (Phi) is 3.87. The number of ether oxygens (including phenoxy) is 1. The summed E-state index contributed by atoms with van der Waals surface area (Å²) in [5.74, 6) is 0.252. The Morgan fingerprint density at radius 3 is 2.74 bits per heavy atom. The molecule has 2 rings (SSSR count). The molecule has 1 amide bonds. The van der Waals surface area contributed by atoms with Crippen molar-refractivity contribution < 1.29 is 9.53 Å². The smallest absolute Gasteiger partial charge is 0.273 e. The van der Waals surface area contributed by atoms with E-state index in [4.69, 9.17) is 10.5 Å². The van der Waals surface area contributed by atoms with Crippen LogP contribution in [0.25, 0.3) is 0 Å². The van der Waals surface area contributed by atoms with Crippen LogP contribution in [-0.4, -0.2) is 28.0 Å². The van der Waals surface area contributed by atoms with Gasteiger partial charge in [0.1, 0.15) is 0 Å². The molecule has 0 saturated carbocycles. The van der Waals surface area contributed by atoms with Crippen molar-refractivity contribution in [2.75, 3.05) is 12.8 Å². The fourth-order valence-electron chi connectivity index (χ4n) is 1.43. The predicted octanol–water partition coefficient (Wildman–Crippen LogP) is 0.392. The molecule has 7 heteroatoms. The minimum Gasteiger partial charge on any atom is -0.481 e. The van der Waals surface area contributed by atoms with Crippen LogP contribution < -0.4 is 15.8 Å². The van der Waals surface area contributed by atoms with E-state index in [1.165, 1.54) is 12.4 Å². The number of amides is 1. The Balaban J connectivity index is 1.98. The Hall–Kier alpha value is -2.70. The molecular formula is C12H13N5O2. The fourth-order valence-corrected chi connectivity index (χ4v) is 1.43. The summed E-state index contributed by atoms with van der Waals surface area (Å²) in [6.07, 6.45) is 4.47. The summed E-state index contributed by atoms with van der Waals surface area (Å²) in [7, 11) is 1.54. The molecule has 0 saturated heterocycles. The number of carbonyl (C=O) groups excluding carboxylic acids is 1. The summed E-state index contributed by atoms with van der Waals surface area (Å²) in [5.41, 5.74) is 6.52. The number of pyridine rings is 1. The largest absolute Gasteiger partial charge is 0.481 e. The highest BCUT2D eigenvalue weighted by Gasteiger charge is 2.11.